The van der Waals surface area contributed by atoms with Crippen molar-refractivity contribution >= 4 is 23.4 Å². The Balaban J connectivity index is 2.78. The molecule has 20 heavy (non-hydrogen) atoms. The Kier molecular flexibility index (Phi) is 6.20. The fraction of sp³-hybridized carbons (Fsp3) is 0.400. The van der Waals surface area contributed by atoms with Crippen molar-refractivity contribution in [3.63, 3.8) is 0 Å². The number of esters is 1. The van der Waals surface area contributed by atoms with Crippen molar-refractivity contribution < 1.29 is 14.3 Å². The zero-order valence-corrected chi connectivity index (χ0v) is 12.2. The number of hydrogen-bond donors (Lipinski definition) is 0. The van der Waals surface area contributed by atoms with Crippen molar-refractivity contribution in [2.45, 2.75) is 26.7 Å². The molecule has 0 N–H and O–H groups in total. The average molecular weight is 294 g/mol. The minimum absolute atomic E-state index is 0.217. The number of nitriles is 1. The Labute approximate surface area is 123 Å². The number of carbonyl (C=O) groups excluding carboxylic acids is 2. The van der Waals surface area contributed by atoms with Gasteiger partial charge in [0.15, 0.2) is 0 Å². The zero-order valence-electron chi connectivity index (χ0n) is 11.5. The van der Waals surface area contributed by atoms with Gasteiger partial charge in [-0.3, -0.25) is 9.59 Å². The normalized spacial score (nSPS) is 11.5. The number of nitrogens with zero attached hydrogens (tertiary/aromatic N) is 1. The lowest BCUT2D eigenvalue weighted by Gasteiger charge is -2.12. The van der Waals surface area contributed by atoms with Gasteiger partial charge in [0.1, 0.15) is 11.7 Å². The molecule has 1 aromatic carbocycles. The first-order valence-corrected chi connectivity index (χ1v) is 6.72. The third kappa shape index (κ3) is 4.67. The number of benzene rings is 1. The van der Waals surface area contributed by atoms with Crippen molar-refractivity contribution in [2.24, 2.45) is 5.92 Å². The average Bonchev–Trinajstić information content (AvgIpc) is 2.38. The summed E-state index contributed by atoms with van der Waals surface area (Å²) in [6.07, 6.45) is 0.831. The Morgan fingerprint density at radius 3 is 2.65 bits per heavy atom. The number of halogens is 1. The summed E-state index contributed by atoms with van der Waals surface area (Å²) in [6.45, 7) is 3.32. The van der Waals surface area contributed by atoms with E-state index in [9.17, 15) is 9.59 Å². The number of hydrogen-bond acceptors (Lipinski definition) is 4. The highest BCUT2D eigenvalue weighted by Crippen LogP contribution is 2.18. The summed E-state index contributed by atoms with van der Waals surface area (Å²) in [7, 11) is 0. The quantitative estimate of drug-likeness (QED) is 0.597. The third-order valence-corrected chi connectivity index (χ3v) is 3.09. The molecule has 0 aliphatic heterocycles. The molecule has 0 fully saturated rings. The second kappa shape index (κ2) is 7.66. The first kappa shape index (κ1) is 16.2. The maximum Gasteiger partial charge on any atom is 0.316 e. The third-order valence-electron chi connectivity index (χ3n) is 2.87. The Hall–Kier alpha value is -1.86. The lowest BCUT2D eigenvalue weighted by molar-refractivity contribution is -0.151. The van der Waals surface area contributed by atoms with E-state index < -0.39 is 11.9 Å². The molecule has 0 saturated heterocycles. The van der Waals surface area contributed by atoms with Gasteiger partial charge in [-0.2, -0.15) is 5.26 Å². The van der Waals surface area contributed by atoms with E-state index in [0.717, 1.165) is 5.56 Å². The molecule has 1 aromatic rings. The predicted molar refractivity (Wildman–Crippen MR) is 75.3 cm³/mol. The van der Waals surface area contributed by atoms with E-state index in [2.05, 4.69) is 0 Å². The standard InChI is InChI=1S/C15H16ClNO3/c1-3-20-15(19)14(10(2)18)5-4-11-6-12(9-17)8-13(16)7-11/h6-8,14H,3-5H2,1-2H3. The molecule has 0 spiro atoms. The van der Waals surface area contributed by atoms with Crippen LogP contribution in [-0.4, -0.2) is 18.4 Å². The van der Waals surface area contributed by atoms with Gasteiger partial charge in [0.25, 0.3) is 0 Å². The highest BCUT2D eigenvalue weighted by Gasteiger charge is 2.24. The summed E-state index contributed by atoms with van der Waals surface area (Å²) in [5.74, 6) is -1.48. The molecule has 106 valence electrons. The second-order valence-corrected chi connectivity index (χ2v) is 4.85. The van der Waals surface area contributed by atoms with Gasteiger partial charge in [-0.25, -0.2) is 0 Å². The van der Waals surface area contributed by atoms with Crippen molar-refractivity contribution in [3.05, 3.63) is 34.3 Å². The fourth-order valence-corrected chi connectivity index (χ4v) is 2.16. The van der Waals surface area contributed by atoms with Gasteiger partial charge in [-0.05, 0) is 50.5 Å². The first-order valence-electron chi connectivity index (χ1n) is 6.34. The van der Waals surface area contributed by atoms with Gasteiger partial charge in [0.05, 0.1) is 18.2 Å². The topological polar surface area (TPSA) is 67.2 Å². The number of Topliss-reactive ketones (excluding diaryl/α,β-unsaturated/α-hetero) is 1. The van der Waals surface area contributed by atoms with Gasteiger partial charge in [-0.15, -0.1) is 0 Å². The van der Waals surface area contributed by atoms with E-state index in [0.29, 0.717) is 23.4 Å². The SMILES string of the molecule is CCOC(=O)C(CCc1cc(Cl)cc(C#N)c1)C(C)=O. The van der Waals surface area contributed by atoms with E-state index in [1.165, 1.54) is 6.92 Å². The van der Waals surface area contributed by atoms with Crippen LogP contribution in [0.2, 0.25) is 5.02 Å². The number of aryl methyl sites for hydroxylation is 1. The number of ether oxygens (including phenoxy) is 1. The Morgan fingerprint density at radius 1 is 1.40 bits per heavy atom. The first-order chi connectivity index (χ1) is 9.47. The van der Waals surface area contributed by atoms with E-state index in [1.807, 2.05) is 6.07 Å². The van der Waals surface area contributed by atoms with Crippen LogP contribution in [0.5, 0.6) is 0 Å². The summed E-state index contributed by atoms with van der Waals surface area (Å²) in [5, 5.41) is 9.34. The largest absolute Gasteiger partial charge is 0.465 e. The molecule has 0 aromatic heterocycles. The number of ketones is 1. The minimum Gasteiger partial charge on any atom is -0.465 e. The summed E-state index contributed by atoms with van der Waals surface area (Å²) in [6, 6.07) is 7.02. The van der Waals surface area contributed by atoms with Crippen LogP contribution >= 0.6 is 11.6 Å². The van der Waals surface area contributed by atoms with Crippen molar-refractivity contribution in [1.82, 2.24) is 0 Å². The van der Waals surface area contributed by atoms with Gasteiger partial charge >= 0.3 is 5.97 Å². The monoisotopic (exact) mass is 293 g/mol. The van der Waals surface area contributed by atoms with Gasteiger partial charge in [0, 0.05) is 5.02 Å². The van der Waals surface area contributed by atoms with E-state index in [-0.39, 0.29) is 12.4 Å². The molecule has 1 rings (SSSR count). The summed E-state index contributed by atoms with van der Waals surface area (Å²) < 4.78 is 4.88. The number of rotatable bonds is 6. The minimum atomic E-state index is -0.764. The van der Waals surface area contributed by atoms with Crippen LogP contribution in [0.15, 0.2) is 18.2 Å². The Morgan fingerprint density at radius 2 is 2.10 bits per heavy atom. The molecule has 0 bridgehead atoms. The fourth-order valence-electron chi connectivity index (χ4n) is 1.90. The van der Waals surface area contributed by atoms with Gasteiger partial charge in [0.2, 0.25) is 0 Å². The van der Waals surface area contributed by atoms with Crippen molar-refractivity contribution in [2.75, 3.05) is 6.61 Å². The molecule has 0 aliphatic rings. The summed E-state index contributed by atoms with van der Waals surface area (Å²) in [5.41, 5.74) is 1.28. The molecule has 1 atom stereocenters. The molecular formula is C15H16ClNO3. The van der Waals surface area contributed by atoms with Crippen LogP contribution in [0.3, 0.4) is 0 Å². The van der Waals surface area contributed by atoms with Gasteiger partial charge < -0.3 is 4.74 Å². The van der Waals surface area contributed by atoms with E-state index in [1.54, 1.807) is 25.1 Å². The highest BCUT2D eigenvalue weighted by atomic mass is 35.5. The lowest BCUT2D eigenvalue weighted by atomic mass is 9.95. The highest BCUT2D eigenvalue weighted by molar-refractivity contribution is 6.30. The van der Waals surface area contributed by atoms with Crippen molar-refractivity contribution in [1.29, 1.82) is 5.26 Å². The molecule has 0 heterocycles. The molecule has 4 nitrogen and oxygen atoms in total. The molecular weight excluding hydrogens is 278 g/mol. The number of carbonyl (C=O) groups is 2. The maximum absolute atomic E-state index is 11.7. The van der Waals surface area contributed by atoms with Crippen molar-refractivity contribution in [3.8, 4) is 6.07 Å². The van der Waals surface area contributed by atoms with E-state index >= 15 is 0 Å². The lowest BCUT2D eigenvalue weighted by Crippen LogP contribution is -2.25. The second-order valence-electron chi connectivity index (χ2n) is 4.41. The molecule has 0 amide bonds. The van der Waals surface area contributed by atoms with Crippen LogP contribution < -0.4 is 0 Å². The van der Waals surface area contributed by atoms with Gasteiger partial charge in [-0.1, -0.05) is 11.6 Å². The molecule has 5 heteroatoms. The smallest absolute Gasteiger partial charge is 0.316 e. The van der Waals surface area contributed by atoms with Crippen LogP contribution in [0, 0.1) is 17.2 Å². The maximum atomic E-state index is 11.7. The van der Waals surface area contributed by atoms with E-state index in [4.69, 9.17) is 21.6 Å². The molecule has 0 saturated carbocycles. The van der Waals surface area contributed by atoms with Crippen LogP contribution in [0.1, 0.15) is 31.4 Å². The predicted octanol–water partition coefficient (Wildman–Crippen LogP) is 2.91. The molecule has 1 unspecified atom stereocenters. The Bertz CT molecular complexity index is 549. The molecule has 0 aliphatic carbocycles. The summed E-state index contributed by atoms with van der Waals surface area (Å²) in [4.78, 5) is 23.2. The van der Waals surface area contributed by atoms with Crippen LogP contribution in [0.25, 0.3) is 0 Å². The van der Waals surface area contributed by atoms with Crippen LogP contribution in [0.4, 0.5) is 0 Å². The molecule has 0 radical (unpaired) electrons. The summed E-state index contributed by atoms with van der Waals surface area (Å²) >= 11 is 5.91. The van der Waals surface area contributed by atoms with Crippen LogP contribution in [-0.2, 0) is 20.7 Å². The zero-order chi connectivity index (χ0) is 15.1.